The summed E-state index contributed by atoms with van der Waals surface area (Å²) in [6, 6.07) is 13.5. The van der Waals surface area contributed by atoms with Crippen LogP contribution < -0.4 is 15.5 Å². The van der Waals surface area contributed by atoms with Crippen LogP contribution in [0.4, 0.5) is 11.4 Å². The minimum absolute atomic E-state index is 0.0209. The molecule has 3 rings (SSSR count). The van der Waals surface area contributed by atoms with Crippen molar-refractivity contribution in [1.29, 1.82) is 0 Å². The average molecular weight is 418 g/mol. The minimum Gasteiger partial charge on any atom is -0.338 e. The van der Waals surface area contributed by atoms with Crippen LogP contribution in [0.25, 0.3) is 0 Å². The van der Waals surface area contributed by atoms with Crippen LogP contribution in [0.3, 0.4) is 0 Å². The lowest BCUT2D eigenvalue weighted by Gasteiger charge is -2.33. The fourth-order valence-corrected chi connectivity index (χ4v) is 3.69. The Morgan fingerprint density at radius 3 is 2.50 bits per heavy atom. The molecule has 0 unspecified atom stereocenters. The predicted octanol–water partition coefficient (Wildman–Crippen LogP) is 2.49. The van der Waals surface area contributed by atoms with Crippen molar-refractivity contribution in [3.63, 3.8) is 0 Å². The van der Waals surface area contributed by atoms with Gasteiger partial charge in [0, 0.05) is 5.69 Å². The van der Waals surface area contributed by atoms with E-state index in [1.165, 1.54) is 16.0 Å². The number of carbonyl (C=O) groups is 1. The summed E-state index contributed by atoms with van der Waals surface area (Å²) >= 11 is 11.7. The number of thiocarbonyl (C=S) groups is 1. The zero-order chi connectivity index (χ0) is 20.1. The maximum Gasteiger partial charge on any atom is 0.279 e. The molecule has 1 aliphatic heterocycles. The number of hydrogen-bond acceptors (Lipinski definition) is 2. The molecule has 0 spiro atoms. The highest BCUT2D eigenvalue weighted by Crippen LogP contribution is 2.20. The van der Waals surface area contributed by atoms with Gasteiger partial charge in [0.25, 0.3) is 5.91 Å². The topological polar surface area (TPSA) is 48.8 Å². The van der Waals surface area contributed by atoms with Crippen molar-refractivity contribution in [1.82, 2.24) is 4.90 Å². The first-order chi connectivity index (χ1) is 13.4. The molecule has 3 N–H and O–H groups in total. The van der Waals surface area contributed by atoms with E-state index in [9.17, 15) is 4.79 Å². The summed E-state index contributed by atoms with van der Waals surface area (Å²) in [7, 11) is 0. The van der Waals surface area contributed by atoms with Crippen LogP contribution in [0.5, 0.6) is 0 Å². The molecule has 2 aromatic carbocycles. The monoisotopic (exact) mass is 417 g/mol. The van der Waals surface area contributed by atoms with Crippen LogP contribution in [0.1, 0.15) is 11.1 Å². The Bertz CT molecular complexity index is 865. The van der Waals surface area contributed by atoms with Gasteiger partial charge >= 0.3 is 0 Å². The van der Waals surface area contributed by atoms with Crippen LogP contribution in [0, 0.1) is 13.8 Å². The van der Waals surface area contributed by atoms with Crippen LogP contribution in [-0.2, 0) is 4.79 Å². The predicted molar refractivity (Wildman–Crippen MR) is 119 cm³/mol. The summed E-state index contributed by atoms with van der Waals surface area (Å²) in [5.41, 5.74) is 4.18. The van der Waals surface area contributed by atoms with Gasteiger partial charge in [0.1, 0.15) is 0 Å². The van der Waals surface area contributed by atoms with Crippen LogP contribution >= 0.6 is 23.8 Å². The van der Waals surface area contributed by atoms with Crippen molar-refractivity contribution in [2.24, 2.45) is 0 Å². The molecule has 0 atom stereocenters. The third-order valence-electron chi connectivity index (χ3n) is 5.07. The normalized spacial score (nSPS) is 14.6. The van der Waals surface area contributed by atoms with Gasteiger partial charge in [-0.05, 0) is 61.5 Å². The van der Waals surface area contributed by atoms with Gasteiger partial charge in [0.2, 0.25) is 0 Å². The van der Waals surface area contributed by atoms with Crippen molar-refractivity contribution < 1.29 is 9.69 Å². The first-order valence-corrected chi connectivity index (χ1v) is 10.2. The van der Waals surface area contributed by atoms with Crippen LogP contribution in [-0.4, -0.2) is 48.6 Å². The molecule has 0 saturated carbocycles. The Kier molecular flexibility index (Phi) is 6.88. The first-order valence-electron chi connectivity index (χ1n) is 9.43. The Morgan fingerprint density at radius 1 is 1.11 bits per heavy atom. The number of aryl methyl sites for hydroxylation is 2. The number of carbonyl (C=O) groups excluding carboxylic acids is 1. The second-order valence-corrected chi connectivity index (χ2v) is 7.96. The van der Waals surface area contributed by atoms with E-state index >= 15 is 0 Å². The number of para-hydroxylation sites is 1. The lowest BCUT2D eigenvalue weighted by molar-refractivity contribution is -0.895. The van der Waals surface area contributed by atoms with Gasteiger partial charge in [-0.2, -0.15) is 0 Å². The molecule has 5 nitrogen and oxygen atoms in total. The molecular formula is C21H26ClN4OS+. The number of rotatable bonds is 4. The highest BCUT2D eigenvalue weighted by atomic mass is 35.5. The van der Waals surface area contributed by atoms with E-state index in [-0.39, 0.29) is 5.91 Å². The summed E-state index contributed by atoms with van der Waals surface area (Å²) in [6.07, 6.45) is 0. The van der Waals surface area contributed by atoms with Gasteiger partial charge in [-0.1, -0.05) is 29.8 Å². The number of quaternary nitrogens is 1. The van der Waals surface area contributed by atoms with Crippen LogP contribution in [0.2, 0.25) is 5.02 Å². The number of anilines is 2. The molecule has 1 amide bonds. The van der Waals surface area contributed by atoms with E-state index < -0.39 is 0 Å². The van der Waals surface area contributed by atoms with E-state index in [1.807, 2.05) is 18.2 Å². The first kappa shape index (κ1) is 20.6. The molecule has 0 aliphatic carbocycles. The fraction of sp³-hybridized carbons (Fsp3) is 0.333. The van der Waals surface area contributed by atoms with E-state index in [0.29, 0.717) is 17.3 Å². The number of piperazine rings is 1. The number of amides is 1. The number of nitrogens with zero attached hydrogens (tertiary/aromatic N) is 1. The van der Waals surface area contributed by atoms with E-state index in [2.05, 4.69) is 47.6 Å². The van der Waals surface area contributed by atoms with Crippen molar-refractivity contribution in [3.8, 4) is 0 Å². The van der Waals surface area contributed by atoms with Gasteiger partial charge < -0.3 is 20.4 Å². The number of benzene rings is 2. The lowest BCUT2D eigenvalue weighted by atomic mass is 10.1. The largest absolute Gasteiger partial charge is 0.338 e. The van der Waals surface area contributed by atoms with Gasteiger partial charge in [-0.3, -0.25) is 4.79 Å². The second-order valence-electron chi connectivity index (χ2n) is 7.17. The van der Waals surface area contributed by atoms with Gasteiger partial charge in [-0.15, -0.1) is 0 Å². The SMILES string of the molecule is Cc1ccc(NC(=S)N2CC[NH+](CC(=O)Nc3ccccc3Cl)CC2)cc1C. The van der Waals surface area contributed by atoms with Crippen LogP contribution in [0.15, 0.2) is 42.5 Å². The van der Waals surface area contributed by atoms with Gasteiger partial charge in [-0.25, -0.2) is 0 Å². The maximum atomic E-state index is 12.3. The summed E-state index contributed by atoms with van der Waals surface area (Å²) in [5, 5.41) is 7.51. The highest BCUT2D eigenvalue weighted by Gasteiger charge is 2.24. The Morgan fingerprint density at radius 2 is 1.82 bits per heavy atom. The molecule has 1 fully saturated rings. The molecule has 2 aromatic rings. The molecule has 0 bridgehead atoms. The van der Waals surface area contributed by atoms with E-state index in [1.54, 1.807) is 6.07 Å². The molecular weight excluding hydrogens is 392 g/mol. The number of halogens is 1. The molecule has 7 heteroatoms. The third-order valence-corrected chi connectivity index (χ3v) is 5.76. The molecule has 148 valence electrons. The fourth-order valence-electron chi connectivity index (χ4n) is 3.21. The lowest BCUT2D eigenvalue weighted by Crippen LogP contribution is -3.15. The molecule has 0 aromatic heterocycles. The van der Waals surface area contributed by atoms with Crippen molar-refractivity contribution in [2.75, 3.05) is 43.4 Å². The highest BCUT2D eigenvalue weighted by molar-refractivity contribution is 7.80. The Hall–Kier alpha value is -2.15. The molecule has 0 radical (unpaired) electrons. The molecule has 28 heavy (non-hydrogen) atoms. The summed E-state index contributed by atoms with van der Waals surface area (Å²) in [4.78, 5) is 15.7. The number of hydrogen-bond donors (Lipinski definition) is 3. The smallest absolute Gasteiger partial charge is 0.279 e. The van der Waals surface area contributed by atoms with E-state index in [0.717, 1.165) is 37.0 Å². The minimum atomic E-state index is -0.0209. The molecule has 1 heterocycles. The molecule has 1 saturated heterocycles. The van der Waals surface area contributed by atoms with Crippen molar-refractivity contribution in [3.05, 3.63) is 58.6 Å². The Labute approximate surface area is 176 Å². The summed E-state index contributed by atoms with van der Waals surface area (Å²) < 4.78 is 0. The number of nitrogens with one attached hydrogen (secondary N) is 3. The Balaban J connectivity index is 1.46. The summed E-state index contributed by atoms with van der Waals surface area (Å²) in [6.45, 7) is 8.00. The van der Waals surface area contributed by atoms with E-state index in [4.69, 9.17) is 23.8 Å². The van der Waals surface area contributed by atoms with Crippen molar-refractivity contribution >= 4 is 46.2 Å². The zero-order valence-electron chi connectivity index (χ0n) is 16.2. The zero-order valence-corrected chi connectivity index (χ0v) is 17.8. The standard InChI is InChI=1S/C21H25ClN4OS/c1-15-7-8-17(13-16(15)2)23-21(28)26-11-9-25(10-12-26)14-20(27)24-19-6-4-3-5-18(19)22/h3-8,13H,9-12,14H2,1-2H3,(H,23,28)(H,24,27)/p+1. The quantitative estimate of drug-likeness (QED) is 0.669. The maximum absolute atomic E-state index is 12.3. The van der Waals surface area contributed by atoms with Gasteiger partial charge in [0.05, 0.1) is 36.9 Å². The third kappa shape index (κ3) is 5.44. The van der Waals surface area contributed by atoms with Crippen molar-refractivity contribution in [2.45, 2.75) is 13.8 Å². The summed E-state index contributed by atoms with van der Waals surface area (Å²) in [5.74, 6) is -0.0209. The second kappa shape index (κ2) is 9.37. The average Bonchev–Trinajstić information content (AvgIpc) is 2.67. The molecule has 1 aliphatic rings. The van der Waals surface area contributed by atoms with Gasteiger partial charge in [0.15, 0.2) is 11.7 Å².